The predicted molar refractivity (Wildman–Crippen MR) is 92.1 cm³/mol. The average molecular weight is 432 g/mol. The van der Waals surface area contributed by atoms with Crippen molar-refractivity contribution in [2.24, 2.45) is 5.73 Å². The van der Waals surface area contributed by atoms with Crippen molar-refractivity contribution >= 4 is 60.7 Å². The highest BCUT2D eigenvalue weighted by atomic mass is 79.9. The van der Waals surface area contributed by atoms with Crippen LogP contribution in [0.1, 0.15) is 15.9 Å². The van der Waals surface area contributed by atoms with Crippen molar-refractivity contribution in [2.75, 3.05) is 5.32 Å². The van der Waals surface area contributed by atoms with Crippen LogP contribution in [0.3, 0.4) is 0 Å². The summed E-state index contributed by atoms with van der Waals surface area (Å²) in [5, 5.41) is 2.68. The molecule has 108 valence electrons. The van der Waals surface area contributed by atoms with E-state index in [9.17, 15) is 9.18 Å². The smallest absolute Gasteiger partial charge is 0.255 e. The van der Waals surface area contributed by atoms with E-state index in [4.69, 9.17) is 18.0 Å². The van der Waals surface area contributed by atoms with E-state index in [2.05, 4.69) is 37.2 Å². The topological polar surface area (TPSA) is 55.1 Å². The summed E-state index contributed by atoms with van der Waals surface area (Å²) in [7, 11) is 0. The number of hydrogen-bond donors (Lipinski definition) is 2. The summed E-state index contributed by atoms with van der Waals surface area (Å²) >= 11 is 11.5. The molecule has 2 rings (SSSR count). The number of benzene rings is 2. The molecule has 0 radical (unpaired) electrons. The van der Waals surface area contributed by atoms with Crippen LogP contribution in [0.5, 0.6) is 0 Å². The van der Waals surface area contributed by atoms with Gasteiger partial charge in [0, 0.05) is 20.1 Å². The number of hydrogen-bond acceptors (Lipinski definition) is 2. The lowest BCUT2D eigenvalue weighted by molar-refractivity contribution is 0.102. The van der Waals surface area contributed by atoms with Gasteiger partial charge in [0.15, 0.2) is 0 Å². The van der Waals surface area contributed by atoms with Gasteiger partial charge in [0.05, 0.1) is 5.69 Å². The maximum atomic E-state index is 13.2. The van der Waals surface area contributed by atoms with E-state index in [0.29, 0.717) is 11.3 Å². The van der Waals surface area contributed by atoms with Gasteiger partial charge in [-0.05, 0) is 36.4 Å². The number of anilines is 1. The summed E-state index contributed by atoms with van der Waals surface area (Å²) in [6.45, 7) is 0. The number of nitrogens with two attached hydrogens (primary N) is 1. The van der Waals surface area contributed by atoms with Crippen molar-refractivity contribution in [3.8, 4) is 0 Å². The Bertz CT molecular complexity index is 717. The predicted octanol–water partition coefficient (Wildman–Crippen LogP) is 4.24. The molecule has 2 aromatic carbocycles. The Morgan fingerprint density at radius 3 is 2.33 bits per heavy atom. The monoisotopic (exact) mass is 430 g/mol. The number of rotatable bonds is 3. The second-order valence-electron chi connectivity index (χ2n) is 4.17. The zero-order valence-electron chi connectivity index (χ0n) is 10.5. The van der Waals surface area contributed by atoms with Crippen LogP contribution in [0, 0.1) is 5.82 Å². The molecular formula is C14H9Br2FN2OS. The Morgan fingerprint density at radius 2 is 1.76 bits per heavy atom. The summed E-state index contributed by atoms with van der Waals surface area (Å²) in [5.41, 5.74) is 6.63. The number of carbonyl (C=O) groups is 1. The average Bonchev–Trinajstić information content (AvgIpc) is 2.39. The maximum Gasteiger partial charge on any atom is 0.255 e. The molecule has 3 nitrogen and oxygen atoms in total. The van der Waals surface area contributed by atoms with Gasteiger partial charge in [0.2, 0.25) is 0 Å². The molecule has 0 saturated heterocycles. The van der Waals surface area contributed by atoms with Crippen LogP contribution in [-0.4, -0.2) is 10.9 Å². The van der Waals surface area contributed by atoms with Crippen molar-refractivity contribution in [2.45, 2.75) is 0 Å². The molecule has 0 bridgehead atoms. The number of halogens is 3. The van der Waals surface area contributed by atoms with E-state index in [1.54, 1.807) is 12.1 Å². The molecule has 0 saturated carbocycles. The van der Waals surface area contributed by atoms with Crippen LogP contribution in [0.25, 0.3) is 0 Å². The van der Waals surface area contributed by atoms with Crippen LogP contribution in [-0.2, 0) is 0 Å². The van der Waals surface area contributed by atoms with Crippen LogP contribution in [0.15, 0.2) is 45.3 Å². The number of amides is 1. The van der Waals surface area contributed by atoms with Crippen molar-refractivity contribution in [1.29, 1.82) is 0 Å². The molecule has 21 heavy (non-hydrogen) atoms. The lowest BCUT2D eigenvalue weighted by Gasteiger charge is -2.11. The number of thiocarbonyl (C=S) groups is 1. The SMILES string of the molecule is NC(=S)c1cc(F)ccc1NC(=O)c1cc(Br)cc(Br)c1. The molecule has 0 aliphatic heterocycles. The summed E-state index contributed by atoms with van der Waals surface area (Å²) < 4.78 is 14.8. The summed E-state index contributed by atoms with van der Waals surface area (Å²) in [6.07, 6.45) is 0. The highest BCUT2D eigenvalue weighted by Gasteiger charge is 2.12. The normalized spacial score (nSPS) is 10.2. The first kappa shape index (κ1) is 16.1. The van der Waals surface area contributed by atoms with E-state index in [-0.39, 0.29) is 16.5 Å². The van der Waals surface area contributed by atoms with Crippen molar-refractivity contribution in [3.63, 3.8) is 0 Å². The van der Waals surface area contributed by atoms with Gasteiger partial charge in [-0.15, -0.1) is 0 Å². The van der Waals surface area contributed by atoms with Gasteiger partial charge in [-0.1, -0.05) is 44.1 Å². The Morgan fingerprint density at radius 1 is 1.14 bits per heavy atom. The maximum absolute atomic E-state index is 13.2. The van der Waals surface area contributed by atoms with Crippen molar-refractivity contribution in [1.82, 2.24) is 0 Å². The first-order valence-corrected chi connectivity index (χ1v) is 7.73. The first-order valence-electron chi connectivity index (χ1n) is 5.73. The molecule has 0 spiro atoms. The molecule has 7 heteroatoms. The minimum atomic E-state index is -0.471. The third-order valence-corrected chi connectivity index (χ3v) is 3.76. The van der Waals surface area contributed by atoms with Gasteiger partial charge in [-0.25, -0.2) is 4.39 Å². The third kappa shape index (κ3) is 4.09. The van der Waals surface area contributed by atoms with Gasteiger partial charge in [-0.3, -0.25) is 4.79 Å². The van der Waals surface area contributed by atoms with Crippen molar-refractivity contribution < 1.29 is 9.18 Å². The Balaban J connectivity index is 2.33. The van der Waals surface area contributed by atoms with Gasteiger partial charge in [-0.2, -0.15) is 0 Å². The molecule has 1 amide bonds. The Hall–Kier alpha value is -1.31. The van der Waals surface area contributed by atoms with Gasteiger partial charge in [0.25, 0.3) is 5.91 Å². The van der Waals surface area contributed by atoms with E-state index in [1.165, 1.54) is 18.2 Å². The van der Waals surface area contributed by atoms with E-state index >= 15 is 0 Å². The van der Waals surface area contributed by atoms with Crippen LogP contribution < -0.4 is 11.1 Å². The zero-order chi connectivity index (χ0) is 15.6. The molecule has 2 aromatic rings. The Kier molecular flexibility index (Phi) is 5.08. The molecule has 0 aliphatic carbocycles. The Labute approximate surface area is 143 Å². The fraction of sp³-hybridized carbons (Fsp3) is 0. The molecular weight excluding hydrogens is 423 g/mol. The van der Waals surface area contributed by atoms with Crippen LogP contribution >= 0.6 is 44.1 Å². The second-order valence-corrected chi connectivity index (χ2v) is 6.44. The van der Waals surface area contributed by atoms with Gasteiger partial charge >= 0.3 is 0 Å². The number of carbonyl (C=O) groups excluding carboxylic acids is 1. The first-order chi connectivity index (χ1) is 9.86. The largest absolute Gasteiger partial charge is 0.389 e. The molecule has 3 N–H and O–H groups in total. The standard InChI is InChI=1S/C14H9Br2FN2OS/c15-8-3-7(4-9(16)5-8)14(20)19-12-2-1-10(17)6-11(12)13(18)21/h1-6H,(H2,18,21)(H,19,20). The minimum Gasteiger partial charge on any atom is -0.389 e. The van der Waals surface area contributed by atoms with Crippen LogP contribution in [0.2, 0.25) is 0 Å². The highest BCUT2D eigenvalue weighted by molar-refractivity contribution is 9.11. The lowest BCUT2D eigenvalue weighted by atomic mass is 10.1. The third-order valence-electron chi connectivity index (χ3n) is 2.62. The summed E-state index contributed by atoms with van der Waals surface area (Å²) in [5.74, 6) is -0.817. The van der Waals surface area contributed by atoms with Crippen molar-refractivity contribution in [3.05, 3.63) is 62.3 Å². The summed E-state index contributed by atoms with van der Waals surface area (Å²) in [6, 6.07) is 9.00. The molecule has 0 unspecified atom stereocenters. The van der Waals surface area contributed by atoms with Gasteiger partial charge < -0.3 is 11.1 Å². The zero-order valence-corrected chi connectivity index (χ0v) is 14.5. The highest BCUT2D eigenvalue weighted by Crippen LogP contribution is 2.22. The van der Waals surface area contributed by atoms with E-state index in [1.807, 2.05) is 6.07 Å². The molecule has 0 atom stereocenters. The molecule has 0 aliphatic rings. The second kappa shape index (κ2) is 6.64. The molecule has 0 heterocycles. The number of nitrogens with one attached hydrogen (secondary N) is 1. The lowest BCUT2D eigenvalue weighted by Crippen LogP contribution is -2.18. The fourth-order valence-electron chi connectivity index (χ4n) is 1.71. The fourth-order valence-corrected chi connectivity index (χ4v) is 3.17. The molecule has 0 aromatic heterocycles. The quantitative estimate of drug-likeness (QED) is 0.714. The minimum absolute atomic E-state index is 0.0141. The van der Waals surface area contributed by atoms with E-state index < -0.39 is 5.82 Å². The molecule has 0 fully saturated rings. The van der Waals surface area contributed by atoms with E-state index in [0.717, 1.165) is 8.95 Å². The summed E-state index contributed by atoms with van der Waals surface area (Å²) in [4.78, 5) is 12.3. The van der Waals surface area contributed by atoms with Gasteiger partial charge in [0.1, 0.15) is 10.8 Å². The van der Waals surface area contributed by atoms with Crippen LogP contribution in [0.4, 0.5) is 10.1 Å².